The lowest BCUT2D eigenvalue weighted by molar-refractivity contribution is -0.122. The molecule has 3 amide bonds. The van der Waals surface area contributed by atoms with Gasteiger partial charge in [0.15, 0.2) is 6.61 Å². The molecule has 0 radical (unpaired) electrons. The van der Waals surface area contributed by atoms with Crippen LogP contribution in [0.15, 0.2) is 24.3 Å². The molecule has 5 heteroatoms. The van der Waals surface area contributed by atoms with Gasteiger partial charge >= 0.3 is 6.03 Å². The zero-order valence-corrected chi connectivity index (χ0v) is 12.2. The average Bonchev–Trinajstić information content (AvgIpc) is 2.45. The molecule has 0 fully saturated rings. The van der Waals surface area contributed by atoms with Gasteiger partial charge in [0, 0.05) is 6.54 Å². The van der Waals surface area contributed by atoms with Crippen LogP contribution in [0.4, 0.5) is 4.79 Å². The first-order valence-electron chi connectivity index (χ1n) is 6.87. The van der Waals surface area contributed by atoms with Gasteiger partial charge in [-0.05, 0) is 37.0 Å². The highest BCUT2D eigenvalue weighted by Crippen LogP contribution is 2.21. The highest BCUT2D eigenvalue weighted by molar-refractivity contribution is 5.94. The van der Waals surface area contributed by atoms with Crippen LogP contribution in [0.5, 0.6) is 5.75 Å². The van der Waals surface area contributed by atoms with Crippen molar-refractivity contribution in [2.45, 2.75) is 33.1 Å². The van der Waals surface area contributed by atoms with Crippen LogP contribution < -0.4 is 15.4 Å². The molecule has 0 heterocycles. The first-order valence-corrected chi connectivity index (χ1v) is 6.87. The van der Waals surface area contributed by atoms with Crippen molar-refractivity contribution in [3.8, 4) is 5.75 Å². The van der Waals surface area contributed by atoms with Gasteiger partial charge in [0.25, 0.3) is 5.91 Å². The van der Waals surface area contributed by atoms with E-state index in [0.717, 1.165) is 6.42 Å². The zero-order chi connectivity index (χ0) is 15.0. The molecule has 0 aliphatic carbocycles. The van der Waals surface area contributed by atoms with Crippen molar-refractivity contribution < 1.29 is 14.3 Å². The molecule has 2 N–H and O–H groups in total. The molecule has 110 valence electrons. The number of nitrogens with one attached hydrogen (secondary N) is 2. The Hall–Kier alpha value is -2.04. The van der Waals surface area contributed by atoms with Gasteiger partial charge in [-0.3, -0.25) is 10.1 Å². The Morgan fingerprint density at radius 1 is 1.20 bits per heavy atom. The first-order chi connectivity index (χ1) is 9.56. The van der Waals surface area contributed by atoms with E-state index >= 15 is 0 Å². The van der Waals surface area contributed by atoms with E-state index in [0.29, 0.717) is 18.2 Å². The summed E-state index contributed by atoms with van der Waals surface area (Å²) in [6.45, 7) is 6.37. The van der Waals surface area contributed by atoms with Crippen LogP contribution >= 0.6 is 0 Å². The highest BCUT2D eigenvalue weighted by atomic mass is 16.5. The Morgan fingerprint density at radius 3 is 2.40 bits per heavy atom. The summed E-state index contributed by atoms with van der Waals surface area (Å²) >= 11 is 0. The van der Waals surface area contributed by atoms with Gasteiger partial charge in [0.2, 0.25) is 0 Å². The number of benzene rings is 1. The summed E-state index contributed by atoms with van der Waals surface area (Å²) in [4.78, 5) is 22.5. The van der Waals surface area contributed by atoms with E-state index in [2.05, 4.69) is 24.5 Å². The molecule has 1 aromatic rings. The predicted molar refractivity (Wildman–Crippen MR) is 77.9 cm³/mol. The maximum Gasteiger partial charge on any atom is 0.321 e. The minimum Gasteiger partial charge on any atom is -0.484 e. The second kappa shape index (κ2) is 8.19. The van der Waals surface area contributed by atoms with E-state index in [1.807, 2.05) is 24.3 Å². The van der Waals surface area contributed by atoms with Gasteiger partial charge < -0.3 is 10.1 Å². The number of hydrogen-bond acceptors (Lipinski definition) is 3. The van der Waals surface area contributed by atoms with Crippen LogP contribution in [0.25, 0.3) is 0 Å². The van der Waals surface area contributed by atoms with Crippen LogP contribution in [0, 0.1) is 0 Å². The number of rotatable bonds is 6. The van der Waals surface area contributed by atoms with Crippen LogP contribution in [0.3, 0.4) is 0 Å². The molecule has 0 saturated carbocycles. The second-order valence-electron chi connectivity index (χ2n) is 4.57. The summed E-state index contributed by atoms with van der Waals surface area (Å²) in [6, 6.07) is 7.14. The van der Waals surface area contributed by atoms with E-state index in [1.165, 1.54) is 5.56 Å². The fourth-order valence-corrected chi connectivity index (χ4v) is 1.64. The summed E-state index contributed by atoms with van der Waals surface area (Å²) in [5.41, 5.74) is 1.24. The summed E-state index contributed by atoms with van der Waals surface area (Å²) in [5, 5.41) is 4.65. The molecule has 0 bridgehead atoms. The average molecular weight is 278 g/mol. The van der Waals surface area contributed by atoms with Gasteiger partial charge in [-0.25, -0.2) is 4.79 Å². The third kappa shape index (κ3) is 5.30. The predicted octanol–water partition coefficient (Wildman–Crippen LogP) is 2.42. The Bertz CT molecular complexity index is 443. The van der Waals surface area contributed by atoms with Crippen molar-refractivity contribution in [3.63, 3.8) is 0 Å². The Balaban J connectivity index is 2.42. The topological polar surface area (TPSA) is 67.4 Å². The minimum atomic E-state index is -0.506. The SMILES string of the molecule is CCNC(=O)NC(=O)COc1ccc([C@@H](C)CC)cc1. The van der Waals surface area contributed by atoms with Crippen molar-refractivity contribution in [1.29, 1.82) is 0 Å². The van der Waals surface area contributed by atoms with Crippen molar-refractivity contribution in [2.24, 2.45) is 0 Å². The van der Waals surface area contributed by atoms with E-state index in [1.54, 1.807) is 6.92 Å². The molecule has 0 aliphatic rings. The van der Waals surface area contributed by atoms with E-state index in [9.17, 15) is 9.59 Å². The molecule has 20 heavy (non-hydrogen) atoms. The lowest BCUT2D eigenvalue weighted by atomic mass is 9.99. The lowest BCUT2D eigenvalue weighted by Crippen LogP contribution is -2.41. The standard InChI is InChI=1S/C15H22N2O3/c1-4-11(3)12-6-8-13(9-7-12)20-10-14(18)17-15(19)16-5-2/h6-9,11H,4-5,10H2,1-3H3,(H2,16,17,18,19)/t11-/m0/s1. The molecular formula is C15H22N2O3. The number of carbonyl (C=O) groups is 2. The zero-order valence-electron chi connectivity index (χ0n) is 12.2. The number of ether oxygens (including phenoxy) is 1. The number of amides is 3. The number of urea groups is 1. The van der Waals surface area contributed by atoms with Crippen molar-refractivity contribution in [3.05, 3.63) is 29.8 Å². The van der Waals surface area contributed by atoms with Gasteiger partial charge in [-0.1, -0.05) is 26.0 Å². The highest BCUT2D eigenvalue weighted by Gasteiger charge is 2.08. The smallest absolute Gasteiger partial charge is 0.321 e. The molecule has 0 unspecified atom stereocenters. The Morgan fingerprint density at radius 2 is 1.85 bits per heavy atom. The number of hydrogen-bond donors (Lipinski definition) is 2. The summed E-state index contributed by atoms with van der Waals surface area (Å²) < 4.78 is 5.32. The van der Waals surface area contributed by atoms with Crippen LogP contribution in [-0.2, 0) is 4.79 Å². The molecule has 0 aromatic heterocycles. The Kier molecular flexibility index (Phi) is 6.56. The molecule has 5 nitrogen and oxygen atoms in total. The van der Waals surface area contributed by atoms with Gasteiger partial charge in [-0.15, -0.1) is 0 Å². The molecule has 0 aliphatic heterocycles. The van der Waals surface area contributed by atoms with E-state index in [-0.39, 0.29) is 6.61 Å². The maximum absolute atomic E-state index is 11.4. The summed E-state index contributed by atoms with van der Waals surface area (Å²) in [6.07, 6.45) is 1.08. The molecule has 1 atom stereocenters. The number of carbonyl (C=O) groups excluding carboxylic acids is 2. The third-order valence-corrected chi connectivity index (χ3v) is 3.02. The van der Waals surface area contributed by atoms with Crippen molar-refractivity contribution in [1.82, 2.24) is 10.6 Å². The molecule has 0 spiro atoms. The normalized spacial score (nSPS) is 11.6. The Labute approximate surface area is 119 Å². The summed E-state index contributed by atoms with van der Waals surface area (Å²) in [5.74, 6) is 0.648. The van der Waals surface area contributed by atoms with E-state index in [4.69, 9.17) is 4.74 Å². The monoisotopic (exact) mass is 278 g/mol. The third-order valence-electron chi connectivity index (χ3n) is 3.02. The van der Waals surface area contributed by atoms with E-state index < -0.39 is 11.9 Å². The van der Waals surface area contributed by atoms with Crippen molar-refractivity contribution in [2.75, 3.05) is 13.2 Å². The molecule has 1 aromatic carbocycles. The lowest BCUT2D eigenvalue weighted by Gasteiger charge is -2.10. The largest absolute Gasteiger partial charge is 0.484 e. The van der Waals surface area contributed by atoms with Crippen LogP contribution in [0.2, 0.25) is 0 Å². The molecule has 0 saturated heterocycles. The van der Waals surface area contributed by atoms with Crippen LogP contribution in [0.1, 0.15) is 38.7 Å². The number of imide groups is 1. The van der Waals surface area contributed by atoms with Gasteiger partial charge in [0.1, 0.15) is 5.75 Å². The molecular weight excluding hydrogens is 256 g/mol. The summed E-state index contributed by atoms with van der Waals surface area (Å²) in [7, 11) is 0. The van der Waals surface area contributed by atoms with Crippen molar-refractivity contribution >= 4 is 11.9 Å². The fraction of sp³-hybridized carbons (Fsp3) is 0.467. The quantitative estimate of drug-likeness (QED) is 0.839. The minimum absolute atomic E-state index is 0.181. The van der Waals surface area contributed by atoms with Gasteiger partial charge in [-0.2, -0.15) is 0 Å². The van der Waals surface area contributed by atoms with Crippen LogP contribution in [-0.4, -0.2) is 25.1 Å². The first kappa shape index (κ1) is 16.0. The molecule has 1 rings (SSSR count). The van der Waals surface area contributed by atoms with Gasteiger partial charge in [0.05, 0.1) is 0 Å². The fourth-order valence-electron chi connectivity index (χ4n) is 1.64. The maximum atomic E-state index is 11.4. The second-order valence-corrected chi connectivity index (χ2v) is 4.57.